The van der Waals surface area contributed by atoms with Crippen LogP contribution in [-0.4, -0.2) is 59.5 Å². The SMILES string of the molecule is CC(C)C(=O)N1CCC(C(=O)O)(N(C)C)CC1. The molecule has 1 amide bonds. The number of piperidine rings is 1. The lowest BCUT2D eigenvalue weighted by atomic mass is 9.86. The number of aliphatic carboxylic acids is 1. The molecule has 0 atom stereocenters. The predicted octanol–water partition coefficient (Wildman–Crippen LogP) is 0.650. The second kappa shape index (κ2) is 5.04. The maximum absolute atomic E-state index is 11.8. The lowest BCUT2D eigenvalue weighted by molar-refractivity contribution is -0.156. The summed E-state index contributed by atoms with van der Waals surface area (Å²) < 4.78 is 0. The molecule has 1 rings (SSSR count). The molecular formula is C12H22N2O3. The standard InChI is InChI=1S/C12H22N2O3/c1-9(2)10(15)14-7-5-12(6-8-14,11(16)17)13(3)4/h9H,5-8H2,1-4H3,(H,16,17). The van der Waals surface area contributed by atoms with Crippen molar-refractivity contribution < 1.29 is 14.7 Å². The number of likely N-dealkylation sites (N-methyl/N-ethyl adjacent to an activating group) is 1. The van der Waals surface area contributed by atoms with Gasteiger partial charge in [-0.3, -0.25) is 14.5 Å². The van der Waals surface area contributed by atoms with Crippen LogP contribution in [0.2, 0.25) is 0 Å². The summed E-state index contributed by atoms with van der Waals surface area (Å²) in [6, 6.07) is 0. The minimum atomic E-state index is -0.812. The van der Waals surface area contributed by atoms with E-state index < -0.39 is 11.5 Å². The van der Waals surface area contributed by atoms with Crippen LogP contribution in [0.3, 0.4) is 0 Å². The van der Waals surface area contributed by atoms with Gasteiger partial charge in [0.05, 0.1) is 0 Å². The molecule has 0 bridgehead atoms. The van der Waals surface area contributed by atoms with Crippen molar-refractivity contribution in [2.24, 2.45) is 5.92 Å². The highest BCUT2D eigenvalue weighted by Crippen LogP contribution is 2.28. The van der Waals surface area contributed by atoms with E-state index in [4.69, 9.17) is 0 Å². The lowest BCUT2D eigenvalue weighted by Crippen LogP contribution is -2.58. The molecule has 0 aromatic heterocycles. The number of carboxylic acid groups (broad SMARTS) is 1. The molecule has 0 unspecified atom stereocenters. The highest BCUT2D eigenvalue weighted by molar-refractivity contribution is 5.81. The van der Waals surface area contributed by atoms with Crippen molar-refractivity contribution in [1.29, 1.82) is 0 Å². The van der Waals surface area contributed by atoms with Gasteiger partial charge in [-0.15, -0.1) is 0 Å². The summed E-state index contributed by atoms with van der Waals surface area (Å²) in [4.78, 5) is 26.7. The highest BCUT2D eigenvalue weighted by Gasteiger charge is 2.44. The molecule has 5 heteroatoms. The molecule has 1 saturated heterocycles. The van der Waals surface area contributed by atoms with Crippen molar-refractivity contribution >= 4 is 11.9 Å². The van der Waals surface area contributed by atoms with Crippen LogP contribution in [0.1, 0.15) is 26.7 Å². The molecule has 0 aliphatic carbocycles. The van der Waals surface area contributed by atoms with E-state index in [1.807, 2.05) is 13.8 Å². The van der Waals surface area contributed by atoms with E-state index >= 15 is 0 Å². The van der Waals surface area contributed by atoms with E-state index in [1.165, 1.54) is 0 Å². The van der Waals surface area contributed by atoms with Crippen molar-refractivity contribution in [2.75, 3.05) is 27.2 Å². The Kier molecular flexibility index (Phi) is 4.14. The molecule has 0 spiro atoms. The highest BCUT2D eigenvalue weighted by atomic mass is 16.4. The maximum Gasteiger partial charge on any atom is 0.324 e. The molecule has 1 aliphatic heterocycles. The van der Waals surface area contributed by atoms with Crippen LogP contribution < -0.4 is 0 Å². The van der Waals surface area contributed by atoms with E-state index in [0.717, 1.165) is 0 Å². The van der Waals surface area contributed by atoms with Gasteiger partial charge in [-0.05, 0) is 26.9 Å². The van der Waals surface area contributed by atoms with Crippen molar-refractivity contribution in [3.8, 4) is 0 Å². The quantitative estimate of drug-likeness (QED) is 0.789. The zero-order valence-corrected chi connectivity index (χ0v) is 11.1. The number of amides is 1. The first kappa shape index (κ1) is 14.0. The largest absolute Gasteiger partial charge is 0.480 e. The minimum Gasteiger partial charge on any atom is -0.480 e. The Balaban J connectivity index is 2.72. The van der Waals surface area contributed by atoms with Crippen molar-refractivity contribution in [3.63, 3.8) is 0 Å². The zero-order valence-electron chi connectivity index (χ0n) is 11.1. The van der Waals surface area contributed by atoms with Crippen LogP contribution in [0, 0.1) is 5.92 Å². The van der Waals surface area contributed by atoms with Crippen molar-refractivity contribution in [1.82, 2.24) is 9.80 Å². The van der Waals surface area contributed by atoms with Gasteiger partial charge in [0.1, 0.15) is 5.54 Å². The fourth-order valence-corrected chi connectivity index (χ4v) is 2.31. The lowest BCUT2D eigenvalue weighted by Gasteiger charge is -2.43. The third kappa shape index (κ3) is 2.60. The molecule has 17 heavy (non-hydrogen) atoms. The summed E-state index contributed by atoms with van der Waals surface area (Å²) in [5.41, 5.74) is -0.812. The number of carbonyl (C=O) groups excluding carboxylic acids is 1. The Bertz CT molecular complexity index is 305. The van der Waals surface area contributed by atoms with Crippen LogP contribution in [0.25, 0.3) is 0 Å². The van der Waals surface area contributed by atoms with E-state index in [1.54, 1.807) is 23.9 Å². The summed E-state index contributed by atoms with van der Waals surface area (Å²) in [6.07, 6.45) is 0.988. The van der Waals surface area contributed by atoms with Crippen LogP contribution in [0.5, 0.6) is 0 Å². The third-order valence-corrected chi connectivity index (χ3v) is 3.65. The summed E-state index contributed by atoms with van der Waals surface area (Å²) >= 11 is 0. The normalized spacial score (nSPS) is 19.8. The third-order valence-electron chi connectivity index (χ3n) is 3.65. The fraction of sp³-hybridized carbons (Fsp3) is 0.833. The van der Waals surface area contributed by atoms with Gasteiger partial charge in [0.2, 0.25) is 5.91 Å². The van der Waals surface area contributed by atoms with Crippen LogP contribution in [0.15, 0.2) is 0 Å². The first-order valence-corrected chi connectivity index (χ1v) is 6.01. The number of likely N-dealkylation sites (tertiary alicyclic amines) is 1. The van der Waals surface area contributed by atoms with Crippen LogP contribution in [0.4, 0.5) is 0 Å². The summed E-state index contributed by atoms with van der Waals surface area (Å²) in [7, 11) is 3.57. The van der Waals surface area contributed by atoms with Gasteiger partial charge in [-0.25, -0.2) is 0 Å². The Morgan fingerprint density at radius 1 is 1.24 bits per heavy atom. The monoisotopic (exact) mass is 242 g/mol. The van der Waals surface area contributed by atoms with E-state index in [2.05, 4.69) is 0 Å². The van der Waals surface area contributed by atoms with Crippen molar-refractivity contribution in [2.45, 2.75) is 32.2 Å². The molecule has 0 saturated carbocycles. The van der Waals surface area contributed by atoms with Gasteiger partial charge < -0.3 is 10.0 Å². The average molecular weight is 242 g/mol. The zero-order chi connectivity index (χ0) is 13.2. The predicted molar refractivity (Wildman–Crippen MR) is 64.7 cm³/mol. The Morgan fingerprint density at radius 2 is 1.71 bits per heavy atom. The van der Waals surface area contributed by atoms with Crippen LogP contribution in [-0.2, 0) is 9.59 Å². The summed E-state index contributed by atoms with van der Waals surface area (Å²) in [5, 5.41) is 9.35. The number of carbonyl (C=O) groups is 2. The number of hydrogen-bond donors (Lipinski definition) is 1. The number of carboxylic acids is 1. The van der Waals surface area contributed by atoms with Gasteiger partial charge >= 0.3 is 5.97 Å². The second-order valence-corrected chi connectivity index (χ2v) is 5.21. The first-order chi connectivity index (χ1) is 7.81. The van der Waals surface area contributed by atoms with Crippen molar-refractivity contribution in [3.05, 3.63) is 0 Å². The first-order valence-electron chi connectivity index (χ1n) is 6.01. The topological polar surface area (TPSA) is 60.9 Å². The molecule has 1 fully saturated rings. The number of hydrogen-bond acceptors (Lipinski definition) is 3. The minimum absolute atomic E-state index is 0.0216. The molecule has 1 aliphatic rings. The van der Waals surface area contributed by atoms with Gasteiger partial charge in [-0.1, -0.05) is 13.8 Å². The molecular weight excluding hydrogens is 220 g/mol. The molecule has 98 valence electrons. The Labute approximate surface area is 102 Å². The molecule has 1 heterocycles. The van der Waals surface area contributed by atoms with E-state index in [9.17, 15) is 14.7 Å². The van der Waals surface area contributed by atoms with Gasteiger partial charge in [0.15, 0.2) is 0 Å². The molecule has 1 N–H and O–H groups in total. The molecule has 5 nitrogen and oxygen atoms in total. The number of rotatable bonds is 3. The molecule has 0 aromatic rings. The number of nitrogens with zero attached hydrogens (tertiary/aromatic N) is 2. The second-order valence-electron chi connectivity index (χ2n) is 5.21. The summed E-state index contributed by atoms with van der Waals surface area (Å²) in [6.45, 7) is 4.80. The van der Waals surface area contributed by atoms with E-state index in [-0.39, 0.29) is 11.8 Å². The fourth-order valence-electron chi connectivity index (χ4n) is 2.31. The molecule has 0 aromatic carbocycles. The van der Waals surface area contributed by atoms with Gasteiger partial charge in [0.25, 0.3) is 0 Å². The van der Waals surface area contributed by atoms with Gasteiger partial charge in [-0.2, -0.15) is 0 Å². The maximum atomic E-state index is 11.8. The Morgan fingerprint density at radius 3 is 2.00 bits per heavy atom. The average Bonchev–Trinajstić information content (AvgIpc) is 2.27. The summed E-state index contributed by atoms with van der Waals surface area (Å²) in [5.74, 6) is -0.700. The Hall–Kier alpha value is -1.10. The van der Waals surface area contributed by atoms with E-state index in [0.29, 0.717) is 25.9 Å². The van der Waals surface area contributed by atoms with Gasteiger partial charge in [0, 0.05) is 19.0 Å². The van der Waals surface area contributed by atoms with Crippen LogP contribution >= 0.6 is 0 Å². The molecule has 0 radical (unpaired) electrons. The smallest absolute Gasteiger partial charge is 0.324 e.